The van der Waals surface area contributed by atoms with Crippen LogP contribution in [0.3, 0.4) is 0 Å². The number of hydrogen-bond acceptors (Lipinski definition) is 5. The molecule has 23 heavy (non-hydrogen) atoms. The molecule has 0 unspecified atom stereocenters. The molecule has 0 aliphatic carbocycles. The summed E-state index contributed by atoms with van der Waals surface area (Å²) in [6, 6.07) is 0. The molecule has 0 fully saturated rings. The van der Waals surface area contributed by atoms with Crippen LogP contribution in [0.15, 0.2) is 15.5 Å². The Kier molecular flexibility index (Phi) is 5.54. The van der Waals surface area contributed by atoms with E-state index in [4.69, 9.17) is 9.15 Å². The minimum atomic E-state index is -0.302. The number of carbonyl (C=O) groups is 1. The number of amides is 1. The van der Waals surface area contributed by atoms with Crippen LogP contribution in [0.2, 0.25) is 0 Å². The van der Waals surface area contributed by atoms with Crippen LogP contribution >= 0.6 is 0 Å². The van der Waals surface area contributed by atoms with Gasteiger partial charge >= 0.3 is 0 Å². The van der Waals surface area contributed by atoms with Crippen LogP contribution in [-0.2, 0) is 11.3 Å². The van der Waals surface area contributed by atoms with Crippen molar-refractivity contribution in [2.45, 2.75) is 33.7 Å². The first-order valence-electron chi connectivity index (χ1n) is 7.71. The zero-order chi connectivity index (χ0) is 17.0. The maximum atomic E-state index is 12.6. The maximum Gasteiger partial charge on any atom is 0.265 e. The number of carbonyl (C=O) groups excluding carboxylic acids is 1. The molecule has 7 nitrogen and oxygen atoms in total. The lowest BCUT2D eigenvalue weighted by molar-refractivity contribution is 0.0949. The number of aryl methyl sites for hydroxylation is 2. The Bertz CT molecular complexity index is 746. The maximum absolute atomic E-state index is 12.6. The Morgan fingerprint density at radius 2 is 2.22 bits per heavy atom. The summed E-state index contributed by atoms with van der Waals surface area (Å²) in [5.74, 6) is 0.422. The molecule has 0 spiro atoms. The number of hydrogen-bond donors (Lipinski definition) is 1. The number of methoxy groups -OCH3 is 1. The summed E-state index contributed by atoms with van der Waals surface area (Å²) >= 11 is 0. The van der Waals surface area contributed by atoms with E-state index in [-0.39, 0.29) is 28.1 Å². The molecule has 2 aromatic rings. The van der Waals surface area contributed by atoms with Crippen LogP contribution in [0.4, 0.5) is 0 Å². The summed E-state index contributed by atoms with van der Waals surface area (Å²) in [5.41, 5.74) is 0.210. The molecule has 0 bridgehead atoms. The molecule has 126 valence electrons. The van der Waals surface area contributed by atoms with Crippen LogP contribution in [0.5, 0.6) is 0 Å². The number of fused-ring (bicyclic) bond motifs is 1. The average molecular weight is 321 g/mol. The van der Waals surface area contributed by atoms with Gasteiger partial charge in [0.15, 0.2) is 0 Å². The summed E-state index contributed by atoms with van der Waals surface area (Å²) in [6.45, 7) is 7.24. The summed E-state index contributed by atoms with van der Waals surface area (Å²) < 4.78 is 12.0. The van der Waals surface area contributed by atoms with Gasteiger partial charge in [0.1, 0.15) is 17.5 Å². The molecular formula is C16H23N3O4. The lowest BCUT2D eigenvalue weighted by atomic mass is 10.1. The molecule has 7 heteroatoms. The first-order valence-corrected chi connectivity index (χ1v) is 7.71. The van der Waals surface area contributed by atoms with E-state index in [1.165, 1.54) is 10.9 Å². The SMILES string of the molecule is COCCCn1cnc2oc(C)c(C(=O)NCC(C)C)c2c1=O. The van der Waals surface area contributed by atoms with Gasteiger partial charge in [-0.3, -0.25) is 14.2 Å². The van der Waals surface area contributed by atoms with Gasteiger partial charge in [-0.2, -0.15) is 0 Å². The van der Waals surface area contributed by atoms with Gasteiger partial charge in [-0.15, -0.1) is 0 Å². The van der Waals surface area contributed by atoms with Crippen LogP contribution in [0, 0.1) is 12.8 Å². The molecule has 0 aliphatic rings. The molecular weight excluding hydrogens is 298 g/mol. The first kappa shape index (κ1) is 17.2. The highest BCUT2D eigenvalue weighted by Crippen LogP contribution is 2.20. The number of rotatable bonds is 7. The van der Waals surface area contributed by atoms with Crippen molar-refractivity contribution in [2.24, 2.45) is 5.92 Å². The second-order valence-electron chi connectivity index (χ2n) is 5.91. The monoisotopic (exact) mass is 321 g/mol. The second kappa shape index (κ2) is 7.41. The van der Waals surface area contributed by atoms with E-state index in [2.05, 4.69) is 10.3 Å². The lowest BCUT2D eigenvalue weighted by Gasteiger charge is -2.07. The van der Waals surface area contributed by atoms with Gasteiger partial charge in [0.2, 0.25) is 5.71 Å². The van der Waals surface area contributed by atoms with E-state index in [0.717, 1.165) is 0 Å². The quantitative estimate of drug-likeness (QED) is 0.785. The minimum Gasteiger partial charge on any atom is -0.442 e. The molecule has 0 saturated carbocycles. The number of nitrogens with one attached hydrogen (secondary N) is 1. The molecule has 2 rings (SSSR count). The van der Waals surface area contributed by atoms with Crippen molar-refractivity contribution in [1.29, 1.82) is 0 Å². The zero-order valence-corrected chi connectivity index (χ0v) is 14.0. The smallest absolute Gasteiger partial charge is 0.265 e. The summed E-state index contributed by atoms with van der Waals surface area (Å²) in [7, 11) is 1.61. The van der Waals surface area contributed by atoms with Crippen LogP contribution in [0.1, 0.15) is 36.4 Å². The Balaban J connectivity index is 2.40. The van der Waals surface area contributed by atoms with E-state index >= 15 is 0 Å². The van der Waals surface area contributed by atoms with Crippen LogP contribution in [-0.4, -0.2) is 35.7 Å². The normalized spacial score (nSPS) is 11.3. The van der Waals surface area contributed by atoms with E-state index < -0.39 is 0 Å². The molecule has 1 amide bonds. The highest BCUT2D eigenvalue weighted by Gasteiger charge is 2.22. The molecule has 1 N–H and O–H groups in total. The minimum absolute atomic E-state index is 0.199. The standard InChI is InChI=1S/C16H23N3O4/c1-10(2)8-17-14(20)12-11(3)23-15-13(12)16(21)19(9-18-15)6-5-7-22-4/h9-10H,5-8H2,1-4H3,(H,17,20). The van der Waals surface area contributed by atoms with Gasteiger partial charge < -0.3 is 14.5 Å². The molecule has 2 heterocycles. The lowest BCUT2D eigenvalue weighted by Crippen LogP contribution is -2.29. The second-order valence-corrected chi connectivity index (χ2v) is 5.91. The molecule has 0 saturated heterocycles. The highest BCUT2D eigenvalue weighted by molar-refractivity contribution is 6.06. The van der Waals surface area contributed by atoms with Crippen molar-refractivity contribution in [3.8, 4) is 0 Å². The van der Waals surface area contributed by atoms with Gasteiger partial charge in [0, 0.05) is 26.8 Å². The van der Waals surface area contributed by atoms with E-state index in [0.29, 0.717) is 37.8 Å². The Hall–Kier alpha value is -2.15. The van der Waals surface area contributed by atoms with Crippen molar-refractivity contribution in [2.75, 3.05) is 20.3 Å². The summed E-state index contributed by atoms with van der Waals surface area (Å²) in [5, 5.41) is 3.06. The number of furan rings is 1. The van der Waals surface area contributed by atoms with Crippen molar-refractivity contribution in [3.05, 3.63) is 28.0 Å². The fraction of sp³-hybridized carbons (Fsp3) is 0.562. The van der Waals surface area contributed by atoms with Crippen molar-refractivity contribution in [1.82, 2.24) is 14.9 Å². The van der Waals surface area contributed by atoms with Crippen molar-refractivity contribution >= 4 is 17.0 Å². The molecule has 0 atom stereocenters. The molecule has 0 aromatic carbocycles. The van der Waals surface area contributed by atoms with E-state index in [1.807, 2.05) is 13.8 Å². The predicted molar refractivity (Wildman–Crippen MR) is 86.7 cm³/mol. The zero-order valence-electron chi connectivity index (χ0n) is 14.0. The van der Waals surface area contributed by atoms with Gasteiger partial charge in [-0.1, -0.05) is 13.8 Å². The average Bonchev–Trinajstić information content (AvgIpc) is 2.84. The predicted octanol–water partition coefficient (Wildman–Crippen LogP) is 1.72. The Morgan fingerprint density at radius 3 is 2.87 bits per heavy atom. The Labute approximate surface area is 134 Å². The fourth-order valence-corrected chi connectivity index (χ4v) is 2.33. The van der Waals surface area contributed by atoms with Gasteiger partial charge in [-0.05, 0) is 19.3 Å². The number of aromatic nitrogens is 2. The molecule has 0 radical (unpaired) electrons. The van der Waals surface area contributed by atoms with Crippen molar-refractivity contribution in [3.63, 3.8) is 0 Å². The Morgan fingerprint density at radius 1 is 1.48 bits per heavy atom. The number of nitrogens with zero attached hydrogens (tertiary/aromatic N) is 2. The van der Waals surface area contributed by atoms with Crippen LogP contribution in [0.25, 0.3) is 11.1 Å². The third-order valence-corrected chi connectivity index (χ3v) is 3.50. The van der Waals surface area contributed by atoms with Crippen LogP contribution < -0.4 is 10.9 Å². The third kappa shape index (κ3) is 3.79. The van der Waals surface area contributed by atoms with Gasteiger partial charge in [0.25, 0.3) is 11.5 Å². The molecule has 0 aliphatic heterocycles. The first-order chi connectivity index (χ1) is 11.0. The topological polar surface area (TPSA) is 86.4 Å². The highest BCUT2D eigenvalue weighted by atomic mass is 16.5. The summed E-state index contributed by atoms with van der Waals surface area (Å²) in [6.07, 6.45) is 2.13. The largest absolute Gasteiger partial charge is 0.442 e. The van der Waals surface area contributed by atoms with E-state index in [9.17, 15) is 9.59 Å². The van der Waals surface area contributed by atoms with Gasteiger partial charge in [-0.25, -0.2) is 4.98 Å². The number of ether oxygens (including phenoxy) is 1. The van der Waals surface area contributed by atoms with E-state index in [1.54, 1.807) is 14.0 Å². The van der Waals surface area contributed by atoms with Crippen molar-refractivity contribution < 1.29 is 13.9 Å². The summed E-state index contributed by atoms with van der Waals surface area (Å²) in [4.78, 5) is 29.2. The molecule has 2 aromatic heterocycles. The fourth-order valence-electron chi connectivity index (χ4n) is 2.33. The van der Waals surface area contributed by atoms with Gasteiger partial charge in [0.05, 0.1) is 5.56 Å². The third-order valence-electron chi connectivity index (χ3n) is 3.50.